The molecule has 1 aliphatic heterocycles. The first kappa shape index (κ1) is 17.6. The highest BCUT2D eigenvalue weighted by Crippen LogP contribution is 2.33. The van der Waals surface area contributed by atoms with Crippen LogP contribution in [0, 0.1) is 0 Å². The Bertz CT molecular complexity index is 1000. The number of hydrogen-bond donors (Lipinski definition) is 2. The Balaban J connectivity index is 1.83. The van der Waals surface area contributed by atoms with E-state index < -0.39 is 5.63 Å². The van der Waals surface area contributed by atoms with Gasteiger partial charge in [-0.05, 0) is 54.7 Å². The standard InChI is InChI=1S/C22H23NO4/c1-26-16-7-5-15(6-8-16)18-13-21(25)27-22-17(18)9-10-20(24)19(22)14-23-11-3-2-4-12-23/h5-10,13,24H,2-4,11-12,14H2,1H3/p+1. The molecule has 0 radical (unpaired) electrons. The maximum absolute atomic E-state index is 12.3. The molecule has 0 saturated carbocycles. The lowest BCUT2D eigenvalue weighted by molar-refractivity contribution is -0.918. The van der Waals surface area contributed by atoms with Gasteiger partial charge in [-0.15, -0.1) is 0 Å². The minimum Gasteiger partial charge on any atom is -0.507 e. The molecule has 5 heteroatoms. The summed E-state index contributed by atoms with van der Waals surface area (Å²) in [5.41, 5.74) is 2.52. The highest BCUT2D eigenvalue weighted by atomic mass is 16.5. The summed E-state index contributed by atoms with van der Waals surface area (Å²) in [6.07, 6.45) is 3.66. The smallest absolute Gasteiger partial charge is 0.336 e. The van der Waals surface area contributed by atoms with E-state index in [2.05, 4.69) is 0 Å². The molecule has 0 bridgehead atoms. The summed E-state index contributed by atoms with van der Waals surface area (Å²) in [6.45, 7) is 2.83. The Morgan fingerprint density at radius 1 is 1.07 bits per heavy atom. The SMILES string of the molecule is COc1ccc(-c2cc(=O)oc3c(C[NH+]4CCCCC4)c(O)ccc23)cc1. The second-order valence-electron chi connectivity index (χ2n) is 7.13. The van der Waals surface area contributed by atoms with Gasteiger partial charge in [-0.1, -0.05) is 12.1 Å². The molecule has 2 heterocycles. The van der Waals surface area contributed by atoms with Gasteiger partial charge in [-0.25, -0.2) is 4.79 Å². The van der Waals surface area contributed by atoms with Gasteiger partial charge in [0.15, 0.2) is 5.58 Å². The molecule has 1 saturated heterocycles. The van der Waals surface area contributed by atoms with Gasteiger partial charge in [0, 0.05) is 11.5 Å². The molecule has 1 aromatic heterocycles. The molecule has 2 N–H and O–H groups in total. The minimum absolute atomic E-state index is 0.190. The summed E-state index contributed by atoms with van der Waals surface area (Å²) < 4.78 is 10.8. The van der Waals surface area contributed by atoms with Crippen LogP contribution in [-0.2, 0) is 6.54 Å². The number of ether oxygens (including phenoxy) is 1. The third-order valence-electron chi connectivity index (χ3n) is 5.38. The fraction of sp³-hybridized carbons (Fsp3) is 0.318. The van der Waals surface area contributed by atoms with Crippen molar-refractivity contribution < 1.29 is 19.2 Å². The van der Waals surface area contributed by atoms with Crippen LogP contribution in [0.4, 0.5) is 0 Å². The third-order valence-corrected chi connectivity index (χ3v) is 5.38. The topological polar surface area (TPSA) is 64.1 Å². The van der Waals surface area contributed by atoms with Gasteiger partial charge in [0.25, 0.3) is 0 Å². The highest BCUT2D eigenvalue weighted by molar-refractivity contribution is 5.95. The van der Waals surface area contributed by atoms with Crippen molar-refractivity contribution in [3.8, 4) is 22.6 Å². The highest BCUT2D eigenvalue weighted by Gasteiger charge is 2.21. The van der Waals surface area contributed by atoms with Gasteiger partial charge >= 0.3 is 5.63 Å². The molecular formula is C22H24NO4+. The maximum atomic E-state index is 12.3. The van der Waals surface area contributed by atoms with Crippen molar-refractivity contribution in [2.75, 3.05) is 20.2 Å². The van der Waals surface area contributed by atoms with Crippen LogP contribution in [0.25, 0.3) is 22.1 Å². The van der Waals surface area contributed by atoms with Gasteiger partial charge in [-0.3, -0.25) is 0 Å². The Labute approximate surface area is 157 Å². The largest absolute Gasteiger partial charge is 0.507 e. The Kier molecular flexibility index (Phi) is 4.86. The Morgan fingerprint density at radius 2 is 1.81 bits per heavy atom. The van der Waals surface area contributed by atoms with Crippen molar-refractivity contribution in [1.82, 2.24) is 0 Å². The molecule has 27 heavy (non-hydrogen) atoms. The number of quaternary nitrogens is 1. The first-order valence-corrected chi connectivity index (χ1v) is 9.42. The van der Waals surface area contributed by atoms with Gasteiger partial charge < -0.3 is 19.2 Å². The lowest BCUT2D eigenvalue weighted by atomic mass is 9.99. The average Bonchev–Trinajstić information content (AvgIpc) is 2.70. The zero-order valence-corrected chi connectivity index (χ0v) is 15.5. The van der Waals surface area contributed by atoms with Gasteiger partial charge in [0.05, 0.1) is 25.8 Å². The van der Waals surface area contributed by atoms with Crippen LogP contribution < -0.4 is 15.3 Å². The average molecular weight is 366 g/mol. The van der Waals surface area contributed by atoms with Crippen molar-refractivity contribution in [2.45, 2.75) is 25.8 Å². The molecule has 2 aromatic carbocycles. The Morgan fingerprint density at radius 3 is 2.52 bits per heavy atom. The number of aromatic hydroxyl groups is 1. The third kappa shape index (κ3) is 3.55. The quantitative estimate of drug-likeness (QED) is 0.697. The van der Waals surface area contributed by atoms with E-state index >= 15 is 0 Å². The number of benzene rings is 2. The number of piperidine rings is 1. The first-order valence-electron chi connectivity index (χ1n) is 9.42. The molecule has 3 aromatic rings. The summed E-state index contributed by atoms with van der Waals surface area (Å²) in [4.78, 5) is 13.7. The minimum atomic E-state index is -0.409. The van der Waals surface area contributed by atoms with Gasteiger partial charge in [0.2, 0.25) is 0 Å². The monoisotopic (exact) mass is 366 g/mol. The van der Waals surface area contributed by atoms with Gasteiger partial charge in [0.1, 0.15) is 18.0 Å². The van der Waals surface area contributed by atoms with Gasteiger partial charge in [-0.2, -0.15) is 0 Å². The predicted octanol–water partition coefficient (Wildman–Crippen LogP) is 2.74. The number of phenols is 1. The number of phenolic OH excluding ortho intramolecular Hbond substituents is 1. The van der Waals surface area contributed by atoms with Crippen LogP contribution in [0.2, 0.25) is 0 Å². The van der Waals surface area contributed by atoms with E-state index in [1.165, 1.54) is 30.2 Å². The molecule has 4 rings (SSSR count). The number of fused-ring (bicyclic) bond motifs is 1. The molecule has 0 unspecified atom stereocenters. The van der Waals surface area contributed by atoms with Crippen LogP contribution >= 0.6 is 0 Å². The van der Waals surface area contributed by atoms with Crippen molar-refractivity contribution in [3.05, 3.63) is 58.4 Å². The first-order chi connectivity index (χ1) is 13.2. The molecule has 1 aliphatic rings. The molecule has 140 valence electrons. The molecule has 0 atom stereocenters. The second-order valence-corrected chi connectivity index (χ2v) is 7.13. The number of hydrogen-bond acceptors (Lipinski definition) is 4. The van der Waals surface area contributed by atoms with Crippen molar-refractivity contribution >= 4 is 11.0 Å². The molecule has 0 aliphatic carbocycles. The van der Waals surface area contributed by atoms with Crippen molar-refractivity contribution in [2.24, 2.45) is 0 Å². The van der Waals surface area contributed by atoms with E-state index in [9.17, 15) is 9.90 Å². The van der Waals surface area contributed by atoms with Crippen LogP contribution in [0.3, 0.4) is 0 Å². The van der Waals surface area contributed by atoms with Crippen LogP contribution in [0.1, 0.15) is 24.8 Å². The number of nitrogens with one attached hydrogen (secondary N) is 1. The molecule has 0 amide bonds. The summed E-state index contributed by atoms with van der Waals surface area (Å²) in [5.74, 6) is 0.952. The summed E-state index contributed by atoms with van der Waals surface area (Å²) in [7, 11) is 1.62. The van der Waals surface area contributed by atoms with E-state index in [4.69, 9.17) is 9.15 Å². The maximum Gasteiger partial charge on any atom is 0.336 e. The van der Waals surface area contributed by atoms with E-state index in [1.807, 2.05) is 30.3 Å². The summed E-state index contributed by atoms with van der Waals surface area (Å²) in [5, 5.41) is 11.3. The molecule has 5 nitrogen and oxygen atoms in total. The molecule has 1 fully saturated rings. The van der Waals surface area contributed by atoms with E-state index in [0.29, 0.717) is 12.1 Å². The predicted molar refractivity (Wildman–Crippen MR) is 104 cm³/mol. The van der Waals surface area contributed by atoms with E-state index in [0.717, 1.165) is 40.9 Å². The zero-order chi connectivity index (χ0) is 18.8. The fourth-order valence-electron chi connectivity index (χ4n) is 3.93. The van der Waals surface area contributed by atoms with E-state index in [-0.39, 0.29) is 5.75 Å². The van der Waals surface area contributed by atoms with Crippen molar-refractivity contribution in [3.63, 3.8) is 0 Å². The number of rotatable bonds is 4. The fourth-order valence-corrected chi connectivity index (χ4v) is 3.93. The lowest BCUT2D eigenvalue weighted by Crippen LogP contribution is -3.11. The number of likely N-dealkylation sites (tertiary alicyclic amines) is 1. The van der Waals surface area contributed by atoms with Crippen LogP contribution in [-0.4, -0.2) is 25.3 Å². The summed E-state index contributed by atoms with van der Waals surface area (Å²) in [6, 6.07) is 12.6. The van der Waals surface area contributed by atoms with E-state index in [1.54, 1.807) is 13.2 Å². The zero-order valence-electron chi connectivity index (χ0n) is 15.5. The second kappa shape index (κ2) is 7.45. The van der Waals surface area contributed by atoms with Crippen LogP contribution in [0.5, 0.6) is 11.5 Å². The molecule has 0 spiro atoms. The lowest BCUT2D eigenvalue weighted by Gasteiger charge is -2.24. The Hall–Kier alpha value is -2.79. The number of methoxy groups -OCH3 is 1. The normalized spacial score (nSPS) is 15.1. The molecular weight excluding hydrogens is 342 g/mol. The van der Waals surface area contributed by atoms with Crippen LogP contribution in [0.15, 0.2) is 51.7 Å². The summed E-state index contributed by atoms with van der Waals surface area (Å²) >= 11 is 0. The van der Waals surface area contributed by atoms with Crippen molar-refractivity contribution in [1.29, 1.82) is 0 Å².